The van der Waals surface area contributed by atoms with Gasteiger partial charge in [0, 0.05) is 48.1 Å². The molecule has 61 heavy (non-hydrogen) atoms. The van der Waals surface area contributed by atoms with Gasteiger partial charge in [0.1, 0.15) is 11.5 Å². The minimum Gasteiger partial charge on any atom is -0.457 e. The first-order valence-corrected chi connectivity index (χ1v) is 22.0. The maximum atomic E-state index is 6.91. The molecule has 0 N–H and O–H groups in total. The van der Waals surface area contributed by atoms with Gasteiger partial charge in [0.2, 0.25) is 0 Å². The molecule has 10 aromatic rings. The van der Waals surface area contributed by atoms with E-state index in [1.165, 1.54) is 81.4 Å². The van der Waals surface area contributed by atoms with Crippen molar-refractivity contribution in [3.63, 3.8) is 0 Å². The molecule has 0 bridgehead atoms. The summed E-state index contributed by atoms with van der Waals surface area (Å²) in [7, 11) is 0. The molecule has 1 aromatic heterocycles. The van der Waals surface area contributed by atoms with E-state index in [2.05, 4.69) is 219 Å². The number of thiophene rings is 1. The Morgan fingerprint density at radius 2 is 1.00 bits per heavy atom. The Kier molecular flexibility index (Phi) is 7.19. The van der Waals surface area contributed by atoms with Gasteiger partial charge in [0.25, 0.3) is 0 Å². The van der Waals surface area contributed by atoms with Crippen molar-refractivity contribution in [2.75, 3.05) is 4.90 Å². The van der Waals surface area contributed by atoms with Crippen LogP contribution in [0, 0.1) is 0 Å². The number of para-hydroxylation sites is 1. The molecule has 2 nitrogen and oxygen atoms in total. The van der Waals surface area contributed by atoms with Gasteiger partial charge in [-0.1, -0.05) is 159 Å². The van der Waals surface area contributed by atoms with Crippen molar-refractivity contribution in [2.24, 2.45) is 0 Å². The highest BCUT2D eigenvalue weighted by Gasteiger charge is 2.51. The van der Waals surface area contributed by atoms with E-state index in [4.69, 9.17) is 4.74 Å². The average Bonchev–Trinajstić information content (AvgIpc) is 3.91. The van der Waals surface area contributed by atoms with Gasteiger partial charge in [-0.15, -0.1) is 11.3 Å². The molecule has 0 atom stereocenters. The van der Waals surface area contributed by atoms with Gasteiger partial charge in [-0.2, -0.15) is 0 Å². The molecule has 0 fully saturated rings. The lowest BCUT2D eigenvalue weighted by Crippen LogP contribution is -2.32. The van der Waals surface area contributed by atoms with Crippen LogP contribution in [-0.4, -0.2) is 0 Å². The van der Waals surface area contributed by atoms with E-state index in [0.717, 1.165) is 34.1 Å². The van der Waals surface area contributed by atoms with Gasteiger partial charge in [-0.25, -0.2) is 0 Å². The molecule has 2 aliphatic carbocycles. The number of benzene rings is 9. The van der Waals surface area contributed by atoms with Crippen molar-refractivity contribution < 1.29 is 4.74 Å². The Hall–Kier alpha value is -7.20. The second kappa shape index (κ2) is 12.7. The molecular formula is C58H39NOS. The molecule has 288 valence electrons. The van der Waals surface area contributed by atoms with Gasteiger partial charge in [-0.3, -0.25) is 0 Å². The smallest absolute Gasteiger partial charge is 0.132 e. The Labute approximate surface area is 359 Å². The number of fused-ring (bicyclic) bond motifs is 15. The van der Waals surface area contributed by atoms with Crippen molar-refractivity contribution in [1.82, 2.24) is 0 Å². The Balaban J connectivity index is 1.08. The number of nitrogens with zero attached hydrogens (tertiary/aromatic N) is 1. The van der Waals surface area contributed by atoms with Crippen molar-refractivity contribution >= 4 is 48.6 Å². The number of hydrogen-bond acceptors (Lipinski definition) is 3. The summed E-state index contributed by atoms with van der Waals surface area (Å²) in [5, 5.41) is 2.54. The topological polar surface area (TPSA) is 12.5 Å². The maximum absolute atomic E-state index is 6.91. The average molecular weight is 798 g/mol. The lowest BCUT2D eigenvalue weighted by Gasteiger charge is -2.40. The second-order valence-corrected chi connectivity index (χ2v) is 18.2. The molecule has 1 aliphatic heterocycles. The van der Waals surface area contributed by atoms with Crippen molar-refractivity contribution in [2.45, 2.75) is 24.7 Å². The van der Waals surface area contributed by atoms with E-state index in [1.54, 1.807) is 0 Å². The molecule has 0 amide bonds. The first-order chi connectivity index (χ1) is 30.0. The fourth-order valence-electron chi connectivity index (χ4n) is 11.2. The van der Waals surface area contributed by atoms with Crippen LogP contribution >= 0.6 is 11.3 Å². The predicted molar refractivity (Wildman–Crippen MR) is 254 cm³/mol. The summed E-state index contributed by atoms with van der Waals surface area (Å²) in [6, 6.07) is 74.0. The Morgan fingerprint density at radius 1 is 0.426 bits per heavy atom. The van der Waals surface area contributed by atoms with Crippen molar-refractivity contribution in [3.8, 4) is 44.9 Å². The monoisotopic (exact) mass is 797 g/mol. The fourth-order valence-corrected chi connectivity index (χ4v) is 12.3. The third-order valence-electron chi connectivity index (χ3n) is 13.7. The van der Waals surface area contributed by atoms with Crippen LogP contribution in [0.15, 0.2) is 200 Å². The standard InChI is InChI=1S/C58H39NOS/c1-57(2)48-34-37(30-32-42(48)43-22-14-21-39(56(43)57)36-16-4-3-5-17-36)59(50-26-15-29-54-55(50)44-20-8-13-28-53(44)61-54)38-31-33-52-49(35-38)58(47-25-11-12-27-51(47)60-52)45-23-9-6-18-40(45)41-19-7-10-24-46(41)58/h3-35H,1-2H3. The Bertz CT molecular complexity index is 3400. The first kappa shape index (κ1) is 34.6. The highest BCUT2D eigenvalue weighted by atomic mass is 32.1. The first-order valence-electron chi connectivity index (χ1n) is 21.2. The van der Waals surface area contributed by atoms with E-state index in [0.29, 0.717) is 0 Å². The van der Waals surface area contributed by atoms with Gasteiger partial charge >= 0.3 is 0 Å². The zero-order valence-corrected chi connectivity index (χ0v) is 34.6. The zero-order valence-electron chi connectivity index (χ0n) is 33.8. The molecule has 0 unspecified atom stereocenters. The third-order valence-corrected chi connectivity index (χ3v) is 14.8. The molecular weight excluding hydrogens is 759 g/mol. The van der Waals surface area contributed by atoms with Crippen LogP contribution in [0.4, 0.5) is 17.1 Å². The van der Waals surface area contributed by atoms with Crippen molar-refractivity contribution in [3.05, 3.63) is 234 Å². The van der Waals surface area contributed by atoms with Crippen LogP contribution in [-0.2, 0) is 10.8 Å². The van der Waals surface area contributed by atoms with E-state index < -0.39 is 5.41 Å². The number of anilines is 3. The molecule has 2 heterocycles. The summed E-state index contributed by atoms with van der Waals surface area (Å²) in [6.45, 7) is 4.80. The summed E-state index contributed by atoms with van der Waals surface area (Å²) in [6.07, 6.45) is 0. The van der Waals surface area contributed by atoms with E-state index >= 15 is 0 Å². The van der Waals surface area contributed by atoms with E-state index in [9.17, 15) is 0 Å². The highest BCUT2D eigenvalue weighted by molar-refractivity contribution is 7.26. The van der Waals surface area contributed by atoms with Gasteiger partial charge < -0.3 is 9.64 Å². The minimum atomic E-state index is -0.574. The quantitative estimate of drug-likeness (QED) is 0.176. The van der Waals surface area contributed by atoms with Crippen LogP contribution < -0.4 is 9.64 Å². The normalized spacial score (nSPS) is 14.5. The summed E-state index contributed by atoms with van der Waals surface area (Å²) in [5.74, 6) is 1.78. The Morgan fingerprint density at radius 3 is 1.80 bits per heavy atom. The summed E-state index contributed by atoms with van der Waals surface area (Å²) >= 11 is 1.86. The number of ether oxygens (including phenoxy) is 1. The maximum Gasteiger partial charge on any atom is 0.132 e. The lowest BCUT2D eigenvalue weighted by molar-refractivity contribution is 0.436. The van der Waals surface area contributed by atoms with Gasteiger partial charge in [0.15, 0.2) is 0 Å². The SMILES string of the molecule is CC1(C)c2cc(N(c3ccc4c(c3)C3(c5ccccc5O4)c4ccccc4-c4ccccc43)c3cccc4sc5ccccc5c34)ccc2-c2cccc(-c3ccccc3)c21. The zero-order chi connectivity index (χ0) is 40.5. The molecule has 0 saturated carbocycles. The van der Waals surface area contributed by atoms with Crippen LogP contribution in [0.5, 0.6) is 11.5 Å². The van der Waals surface area contributed by atoms with E-state index in [-0.39, 0.29) is 5.41 Å². The van der Waals surface area contributed by atoms with Crippen LogP contribution in [0.1, 0.15) is 47.2 Å². The van der Waals surface area contributed by atoms with Crippen LogP contribution in [0.2, 0.25) is 0 Å². The molecule has 13 rings (SSSR count). The summed E-state index contributed by atoms with van der Waals surface area (Å²) in [5.41, 5.74) is 17.9. The summed E-state index contributed by atoms with van der Waals surface area (Å²) in [4.78, 5) is 2.51. The van der Waals surface area contributed by atoms with E-state index in [1.807, 2.05) is 11.3 Å². The molecule has 3 aliphatic rings. The largest absolute Gasteiger partial charge is 0.457 e. The summed E-state index contributed by atoms with van der Waals surface area (Å²) < 4.78 is 9.47. The predicted octanol–water partition coefficient (Wildman–Crippen LogP) is 16.0. The minimum absolute atomic E-state index is 0.241. The highest BCUT2D eigenvalue weighted by Crippen LogP contribution is 2.63. The van der Waals surface area contributed by atoms with Crippen LogP contribution in [0.25, 0.3) is 53.6 Å². The molecule has 1 spiro atoms. The molecule has 0 radical (unpaired) electrons. The molecule has 3 heteroatoms. The molecule has 0 saturated heterocycles. The van der Waals surface area contributed by atoms with Gasteiger partial charge in [0.05, 0.1) is 11.1 Å². The second-order valence-electron chi connectivity index (χ2n) is 17.2. The number of rotatable bonds is 4. The van der Waals surface area contributed by atoms with Crippen LogP contribution in [0.3, 0.4) is 0 Å². The lowest BCUT2D eigenvalue weighted by atomic mass is 9.66. The third kappa shape index (κ3) is 4.67. The fraction of sp³-hybridized carbons (Fsp3) is 0.0690. The van der Waals surface area contributed by atoms with Gasteiger partial charge in [-0.05, 0) is 110 Å². The number of hydrogen-bond donors (Lipinski definition) is 0. The molecule has 9 aromatic carbocycles. The van der Waals surface area contributed by atoms with Crippen molar-refractivity contribution in [1.29, 1.82) is 0 Å².